The predicted octanol–water partition coefficient (Wildman–Crippen LogP) is 3.55. The number of anilines is 1. The molecule has 1 saturated heterocycles. The molecule has 8 nitrogen and oxygen atoms in total. The minimum absolute atomic E-state index is 0.0823. The van der Waals surface area contributed by atoms with Gasteiger partial charge in [0.25, 0.3) is 0 Å². The molecule has 0 bridgehead atoms. The Morgan fingerprint density at radius 1 is 1.19 bits per heavy atom. The number of rotatable bonds is 6. The van der Waals surface area contributed by atoms with Crippen molar-refractivity contribution in [3.05, 3.63) is 41.4 Å². The van der Waals surface area contributed by atoms with Crippen LogP contribution in [0.1, 0.15) is 19.8 Å². The van der Waals surface area contributed by atoms with Crippen LogP contribution in [0, 0.1) is 5.92 Å². The van der Waals surface area contributed by atoms with Gasteiger partial charge in [0.1, 0.15) is 19.0 Å². The molecule has 0 saturated carbocycles. The van der Waals surface area contributed by atoms with E-state index in [-0.39, 0.29) is 22.4 Å². The molecule has 4 rings (SSSR count). The number of ether oxygens (including phenoxy) is 3. The molecule has 1 amide bonds. The van der Waals surface area contributed by atoms with Gasteiger partial charge in [-0.3, -0.25) is 4.79 Å². The quantitative estimate of drug-likeness (QED) is 0.679. The summed E-state index contributed by atoms with van der Waals surface area (Å²) in [6.07, 6.45) is 1.19. The minimum Gasteiger partial charge on any atom is -0.492 e. The van der Waals surface area contributed by atoms with Crippen molar-refractivity contribution < 1.29 is 27.4 Å². The van der Waals surface area contributed by atoms with Crippen LogP contribution in [0.5, 0.6) is 17.2 Å². The summed E-state index contributed by atoms with van der Waals surface area (Å²) in [5, 5.41) is 3.10. The molecule has 1 fully saturated rings. The van der Waals surface area contributed by atoms with Crippen LogP contribution in [0.3, 0.4) is 0 Å². The molecule has 0 radical (unpaired) electrons. The number of nitrogens with one attached hydrogen (secondary N) is 1. The number of sulfonamides is 1. The Balaban J connectivity index is 1.45. The van der Waals surface area contributed by atoms with Crippen molar-refractivity contribution in [3.8, 4) is 17.2 Å². The molecule has 2 aliphatic heterocycles. The lowest BCUT2D eigenvalue weighted by atomic mass is 9.98. The van der Waals surface area contributed by atoms with E-state index in [0.717, 1.165) is 0 Å². The van der Waals surface area contributed by atoms with Crippen molar-refractivity contribution in [2.45, 2.75) is 24.7 Å². The zero-order chi connectivity index (χ0) is 22.7. The van der Waals surface area contributed by atoms with Crippen LogP contribution in [0.2, 0.25) is 5.02 Å². The predicted molar refractivity (Wildman–Crippen MR) is 120 cm³/mol. The molecule has 0 aromatic heterocycles. The van der Waals surface area contributed by atoms with Crippen LogP contribution >= 0.6 is 11.6 Å². The van der Waals surface area contributed by atoms with Gasteiger partial charge >= 0.3 is 0 Å². The molecule has 0 spiro atoms. The maximum atomic E-state index is 13.2. The zero-order valence-corrected chi connectivity index (χ0v) is 19.2. The van der Waals surface area contributed by atoms with Crippen molar-refractivity contribution in [1.82, 2.24) is 4.31 Å². The first-order valence-corrected chi connectivity index (χ1v) is 12.3. The van der Waals surface area contributed by atoms with Gasteiger partial charge in [0.15, 0.2) is 11.5 Å². The molecule has 32 heavy (non-hydrogen) atoms. The lowest BCUT2D eigenvalue weighted by Crippen LogP contribution is -2.43. The monoisotopic (exact) mass is 480 g/mol. The number of halogens is 1. The number of carbonyl (C=O) groups excluding carboxylic acids is 1. The third-order valence-corrected chi connectivity index (χ3v) is 7.56. The third-order valence-electron chi connectivity index (χ3n) is 5.41. The molecule has 1 atom stereocenters. The Hall–Kier alpha value is -2.49. The van der Waals surface area contributed by atoms with Gasteiger partial charge < -0.3 is 19.5 Å². The van der Waals surface area contributed by atoms with Crippen molar-refractivity contribution in [3.63, 3.8) is 0 Å². The molecule has 10 heteroatoms. The molecule has 1 N–H and O–H groups in total. The molecule has 0 aliphatic carbocycles. The highest BCUT2D eigenvalue weighted by atomic mass is 35.5. The fourth-order valence-corrected chi connectivity index (χ4v) is 5.65. The fraction of sp³-hybridized carbons (Fsp3) is 0.409. The van der Waals surface area contributed by atoms with Gasteiger partial charge in [-0.1, -0.05) is 11.6 Å². The molecule has 172 valence electrons. The number of fused-ring (bicyclic) bond motifs is 1. The molecule has 2 aromatic carbocycles. The highest BCUT2D eigenvalue weighted by Gasteiger charge is 2.33. The van der Waals surface area contributed by atoms with E-state index < -0.39 is 15.9 Å². The molecule has 2 aromatic rings. The van der Waals surface area contributed by atoms with Gasteiger partial charge in [0, 0.05) is 24.8 Å². The van der Waals surface area contributed by atoms with Crippen LogP contribution in [0.15, 0.2) is 41.3 Å². The maximum absolute atomic E-state index is 13.2. The molecular formula is C22H25ClN2O6S. The van der Waals surface area contributed by atoms with Gasteiger partial charge in [-0.2, -0.15) is 4.31 Å². The van der Waals surface area contributed by atoms with Crippen molar-refractivity contribution in [1.29, 1.82) is 0 Å². The number of benzene rings is 2. The van der Waals surface area contributed by atoms with E-state index in [1.54, 1.807) is 24.3 Å². The second kappa shape index (κ2) is 9.56. The van der Waals surface area contributed by atoms with E-state index in [1.807, 2.05) is 6.92 Å². The van der Waals surface area contributed by atoms with Gasteiger partial charge in [0.05, 0.1) is 22.4 Å². The van der Waals surface area contributed by atoms with Crippen molar-refractivity contribution in [2.24, 2.45) is 5.92 Å². The maximum Gasteiger partial charge on any atom is 0.243 e. The summed E-state index contributed by atoms with van der Waals surface area (Å²) in [5.41, 5.74) is 0.581. The van der Waals surface area contributed by atoms with Gasteiger partial charge in [-0.05, 0) is 50.1 Å². The summed E-state index contributed by atoms with van der Waals surface area (Å²) in [6, 6.07) is 9.62. The summed E-state index contributed by atoms with van der Waals surface area (Å²) in [5.74, 6) is 0.951. The summed E-state index contributed by atoms with van der Waals surface area (Å²) in [4.78, 5) is 13.0. The normalized spacial score (nSPS) is 18.8. The minimum atomic E-state index is -3.79. The van der Waals surface area contributed by atoms with Crippen LogP contribution in [-0.4, -0.2) is 51.5 Å². The van der Waals surface area contributed by atoms with Crippen LogP contribution in [-0.2, 0) is 14.8 Å². The first-order chi connectivity index (χ1) is 15.4. The first-order valence-electron chi connectivity index (χ1n) is 10.5. The molecule has 2 aliphatic rings. The second-order valence-corrected chi connectivity index (χ2v) is 9.92. The van der Waals surface area contributed by atoms with E-state index in [1.165, 1.54) is 16.4 Å². The molecule has 1 unspecified atom stereocenters. The highest BCUT2D eigenvalue weighted by Crippen LogP contribution is 2.34. The van der Waals surface area contributed by atoms with Crippen LogP contribution in [0.25, 0.3) is 0 Å². The Labute approximate surface area is 192 Å². The SMILES string of the molecule is CCOc1ccc(S(=O)(=O)N2CCCC(C(=O)Nc3ccc4c(c3)OCCO4)C2)cc1Cl. The molecule has 2 heterocycles. The first kappa shape index (κ1) is 22.7. The smallest absolute Gasteiger partial charge is 0.243 e. The fourth-order valence-electron chi connectivity index (χ4n) is 3.80. The standard InChI is InChI=1S/C22H25ClN2O6S/c1-2-29-19-8-6-17(13-18(19)23)32(27,28)25-9-3-4-15(14-25)22(26)24-16-5-7-20-21(12-16)31-11-10-30-20/h5-8,12-13,15H,2-4,9-11,14H2,1H3,(H,24,26). The Morgan fingerprint density at radius 2 is 1.97 bits per heavy atom. The summed E-state index contributed by atoms with van der Waals surface area (Å²) in [7, 11) is -3.79. The Kier molecular flexibility index (Phi) is 6.78. The Morgan fingerprint density at radius 3 is 2.72 bits per heavy atom. The van der Waals surface area contributed by atoms with Crippen LogP contribution < -0.4 is 19.5 Å². The summed E-state index contributed by atoms with van der Waals surface area (Å²) < 4.78 is 44.1. The average molecular weight is 481 g/mol. The number of amides is 1. The summed E-state index contributed by atoms with van der Waals surface area (Å²) in [6.45, 7) is 3.65. The topological polar surface area (TPSA) is 94.2 Å². The van der Waals surface area contributed by atoms with Crippen molar-refractivity contribution in [2.75, 3.05) is 38.2 Å². The highest BCUT2D eigenvalue weighted by molar-refractivity contribution is 7.89. The van der Waals surface area contributed by atoms with E-state index in [2.05, 4.69) is 5.32 Å². The number of hydrogen-bond donors (Lipinski definition) is 1. The van der Waals surface area contributed by atoms with Gasteiger partial charge in [0.2, 0.25) is 15.9 Å². The molecular weight excluding hydrogens is 456 g/mol. The summed E-state index contributed by atoms with van der Waals surface area (Å²) >= 11 is 6.18. The number of hydrogen-bond acceptors (Lipinski definition) is 6. The van der Waals surface area contributed by atoms with E-state index in [9.17, 15) is 13.2 Å². The lowest BCUT2D eigenvalue weighted by Gasteiger charge is -2.31. The third kappa shape index (κ3) is 4.79. The number of piperidine rings is 1. The van der Waals surface area contributed by atoms with Gasteiger partial charge in [-0.25, -0.2) is 8.42 Å². The lowest BCUT2D eigenvalue weighted by molar-refractivity contribution is -0.120. The average Bonchev–Trinajstić information content (AvgIpc) is 2.80. The van der Waals surface area contributed by atoms with E-state index in [0.29, 0.717) is 62.1 Å². The van der Waals surface area contributed by atoms with Gasteiger partial charge in [-0.15, -0.1) is 0 Å². The largest absolute Gasteiger partial charge is 0.492 e. The zero-order valence-electron chi connectivity index (χ0n) is 17.7. The van der Waals surface area contributed by atoms with Crippen molar-refractivity contribution >= 4 is 33.2 Å². The number of carbonyl (C=O) groups is 1. The van der Waals surface area contributed by atoms with E-state index in [4.69, 9.17) is 25.8 Å². The van der Waals surface area contributed by atoms with Crippen LogP contribution in [0.4, 0.5) is 5.69 Å². The van der Waals surface area contributed by atoms with E-state index >= 15 is 0 Å². The Bertz CT molecular complexity index is 1110. The number of nitrogens with zero attached hydrogens (tertiary/aromatic N) is 1. The second-order valence-electron chi connectivity index (χ2n) is 7.58.